The van der Waals surface area contributed by atoms with E-state index in [4.69, 9.17) is 34.8 Å². The van der Waals surface area contributed by atoms with Crippen molar-refractivity contribution >= 4 is 62.3 Å². The minimum absolute atomic E-state index is 0.0169. The molecule has 0 aliphatic heterocycles. The molecule has 0 aromatic heterocycles. The molecule has 2 amide bonds. The van der Waals surface area contributed by atoms with Crippen molar-refractivity contribution in [2.45, 2.75) is 44.7 Å². The monoisotopic (exact) mass is 609 g/mol. The zero-order valence-corrected chi connectivity index (χ0v) is 25.1. The van der Waals surface area contributed by atoms with Crippen molar-refractivity contribution in [3.8, 4) is 0 Å². The van der Waals surface area contributed by atoms with Gasteiger partial charge in [-0.05, 0) is 67.8 Å². The van der Waals surface area contributed by atoms with Crippen molar-refractivity contribution in [1.82, 2.24) is 10.2 Å². The highest BCUT2D eigenvalue weighted by Crippen LogP contribution is 2.29. The maximum absolute atomic E-state index is 14.0. The Kier molecular flexibility index (Phi) is 10.3. The van der Waals surface area contributed by atoms with Crippen LogP contribution in [0, 0.1) is 13.8 Å². The summed E-state index contributed by atoms with van der Waals surface area (Å²) < 4.78 is 28.8. The Bertz CT molecular complexity index is 1460. The molecule has 1 N–H and O–H groups in total. The van der Waals surface area contributed by atoms with Crippen LogP contribution in [0.25, 0.3) is 0 Å². The lowest BCUT2D eigenvalue weighted by Gasteiger charge is -2.33. The first kappa shape index (κ1) is 30.8. The molecule has 0 aliphatic rings. The number of anilines is 1. The summed E-state index contributed by atoms with van der Waals surface area (Å²) in [5.74, 6) is -0.980. The van der Waals surface area contributed by atoms with E-state index in [1.165, 1.54) is 30.1 Å². The number of carbonyl (C=O) groups excluding carboxylic acids is 2. The smallest absolute Gasteiger partial charge is 0.264 e. The number of benzene rings is 3. The number of sulfonamides is 1. The normalized spacial score (nSPS) is 12.1. The summed E-state index contributed by atoms with van der Waals surface area (Å²) in [5, 5.41) is 3.68. The van der Waals surface area contributed by atoms with Gasteiger partial charge in [0.2, 0.25) is 11.8 Å². The van der Waals surface area contributed by atoms with E-state index in [-0.39, 0.29) is 29.5 Å². The highest BCUT2D eigenvalue weighted by atomic mass is 35.5. The van der Waals surface area contributed by atoms with Gasteiger partial charge in [-0.1, -0.05) is 71.6 Å². The first-order chi connectivity index (χ1) is 18.4. The summed E-state index contributed by atoms with van der Waals surface area (Å²) in [6.07, 6.45) is 0.289. The van der Waals surface area contributed by atoms with Gasteiger partial charge in [-0.2, -0.15) is 0 Å². The minimum atomic E-state index is -4.19. The minimum Gasteiger partial charge on any atom is -0.357 e. The second-order valence-corrected chi connectivity index (χ2v) is 12.2. The van der Waals surface area contributed by atoms with E-state index in [9.17, 15) is 18.0 Å². The molecule has 0 aliphatic carbocycles. The van der Waals surface area contributed by atoms with Crippen molar-refractivity contribution in [2.75, 3.05) is 17.9 Å². The molecule has 39 heavy (non-hydrogen) atoms. The van der Waals surface area contributed by atoms with Gasteiger partial charge in [0.15, 0.2) is 0 Å². The predicted octanol–water partition coefficient (Wildman–Crippen LogP) is 6.01. The van der Waals surface area contributed by atoms with E-state index >= 15 is 0 Å². The number of aryl methyl sites for hydroxylation is 2. The first-order valence-electron chi connectivity index (χ1n) is 12.2. The number of amides is 2. The molecule has 11 heteroatoms. The summed E-state index contributed by atoms with van der Waals surface area (Å²) in [7, 11) is -2.71. The molecule has 0 bridgehead atoms. The van der Waals surface area contributed by atoms with Crippen molar-refractivity contribution in [3.05, 3.63) is 92.4 Å². The van der Waals surface area contributed by atoms with Gasteiger partial charge in [-0.15, -0.1) is 0 Å². The fourth-order valence-corrected chi connectivity index (χ4v) is 6.07. The third-order valence-electron chi connectivity index (χ3n) is 6.32. The van der Waals surface area contributed by atoms with Gasteiger partial charge in [-0.3, -0.25) is 13.9 Å². The van der Waals surface area contributed by atoms with Gasteiger partial charge >= 0.3 is 0 Å². The Morgan fingerprint density at radius 3 is 2.15 bits per heavy atom. The number of carbonyl (C=O) groups is 2. The third-order valence-corrected chi connectivity index (χ3v) is 9.10. The lowest BCUT2D eigenvalue weighted by Crippen LogP contribution is -2.51. The van der Waals surface area contributed by atoms with E-state index in [0.717, 1.165) is 15.4 Å². The summed E-state index contributed by atoms with van der Waals surface area (Å²) in [6.45, 7) is 4.80. The van der Waals surface area contributed by atoms with Crippen molar-refractivity contribution in [1.29, 1.82) is 0 Å². The van der Waals surface area contributed by atoms with Gasteiger partial charge in [0, 0.05) is 28.7 Å². The number of halogens is 3. The molecule has 0 saturated carbocycles. The standard InChI is InChI=1S/C28H30Cl3N3O4S/c1-5-26(28(36)32-4)33(16-20-9-10-21(29)14-25(20)31)27(35)17-34(22-11-8-19(3)24(30)15-22)39(37,38)23-12-6-18(2)7-13-23/h6-15,26H,5,16-17H2,1-4H3,(H,32,36)/t26-/m1/s1. The average molecular weight is 611 g/mol. The van der Waals surface area contributed by atoms with Crippen LogP contribution >= 0.6 is 34.8 Å². The molecule has 0 radical (unpaired) electrons. The number of nitrogens with one attached hydrogen (secondary N) is 1. The Balaban J connectivity index is 2.10. The Hall–Kier alpha value is -2.78. The summed E-state index contributed by atoms with van der Waals surface area (Å²) in [5.41, 5.74) is 2.42. The Labute approximate surface area is 244 Å². The quantitative estimate of drug-likeness (QED) is 0.305. The van der Waals surface area contributed by atoms with Crippen molar-refractivity contribution in [2.24, 2.45) is 0 Å². The highest BCUT2D eigenvalue weighted by molar-refractivity contribution is 7.92. The van der Waals surface area contributed by atoms with Crippen LogP contribution in [0.3, 0.4) is 0 Å². The number of hydrogen-bond acceptors (Lipinski definition) is 4. The van der Waals surface area contributed by atoms with Gasteiger partial charge in [-0.25, -0.2) is 8.42 Å². The highest BCUT2D eigenvalue weighted by Gasteiger charge is 2.33. The predicted molar refractivity (Wildman–Crippen MR) is 157 cm³/mol. The van der Waals surface area contributed by atoms with E-state index in [1.54, 1.807) is 56.3 Å². The summed E-state index contributed by atoms with van der Waals surface area (Å²) in [4.78, 5) is 28.1. The fourth-order valence-electron chi connectivity index (χ4n) is 4.02. The van der Waals surface area contributed by atoms with E-state index in [2.05, 4.69) is 5.32 Å². The number of nitrogens with zero attached hydrogens (tertiary/aromatic N) is 2. The molecular formula is C28H30Cl3N3O4S. The van der Waals surface area contributed by atoms with E-state index in [0.29, 0.717) is 20.6 Å². The Morgan fingerprint density at radius 2 is 1.59 bits per heavy atom. The van der Waals surface area contributed by atoms with Gasteiger partial charge in [0.1, 0.15) is 12.6 Å². The zero-order valence-electron chi connectivity index (χ0n) is 22.0. The van der Waals surface area contributed by atoms with Crippen LogP contribution in [-0.2, 0) is 26.2 Å². The lowest BCUT2D eigenvalue weighted by atomic mass is 10.1. The fraction of sp³-hybridized carbons (Fsp3) is 0.286. The van der Waals surface area contributed by atoms with E-state index < -0.39 is 28.5 Å². The Morgan fingerprint density at radius 1 is 0.923 bits per heavy atom. The van der Waals surface area contributed by atoms with Gasteiger partial charge in [0.25, 0.3) is 10.0 Å². The summed E-state index contributed by atoms with van der Waals surface area (Å²) in [6, 6.07) is 15.1. The van der Waals surface area contributed by atoms with Crippen LogP contribution in [0.4, 0.5) is 5.69 Å². The molecule has 7 nitrogen and oxygen atoms in total. The summed E-state index contributed by atoms with van der Waals surface area (Å²) >= 11 is 18.8. The van der Waals surface area contributed by atoms with Crippen LogP contribution < -0.4 is 9.62 Å². The molecule has 0 heterocycles. The molecular weight excluding hydrogens is 581 g/mol. The van der Waals surface area contributed by atoms with Crippen LogP contribution in [0.2, 0.25) is 15.1 Å². The number of rotatable bonds is 10. The molecule has 0 spiro atoms. The lowest BCUT2D eigenvalue weighted by molar-refractivity contribution is -0.140. The van der Waals surface area contributed by atoms with Crippen molar-refractivity contribution in [3.63, 3.8) is 0 Å². The largest absolute Gasteiger partial charge is 0.357 e. The first-order valence-corrected chi connectivity index (χ1v) is 14.8. The second kappa shape index (κ2) is 13.0. The molecule has 0 unspecified atom stereocenters. The van der Waals surface area contributed by atoms with Crippen molar-refractivity contribution < 1.29 is 18.0 Å². The van der Waals surface area contributed by atoms with Crippen LogP contribution in [-0.4, -0.2) is 44.8 Å². The van der Waals surface area contributed by atoms with E-state index in [1.807, 2.05) is 6.92 Å². The molecule has 0 saturated heterocycles. The average Bonchev–Trinajstić information content (AvgIpc) is 2.89. The zero-order chi connectivity index (χ0) is 28.9. The number of hydrogen-bond donors (Lipinski definition) is 1. The maximum Gasteiger partial charge on any atom is 0.264 e. The number of likely N-dealkylation sites (N-methyl/N-ethyl adjacent to an activating group) is 1. The molecule has 208 valence electrons. The molecule has 3 rings (SSSR count). The maximum atomic E-state index is 14.0. The molecule has 0 fully saturated rings. The third kappa shape index (κ3) is 7.25. The molecule has 3 aromatic rings. The molecule has 1 atom stereocenters. The van der Waals surface area contributed by atoms with Gasteiger partial charge in [0.05, 0.1) is 10.6 Å². The molecule has 3 aromatic carbocycles. The topological polar surface area (TPSA) is 86.8 Å². The SMILES string of the molecule is CC[C@H](C(=O)NC)N(Cc1ccc(Cl)cc1Cl)C(=O)CN(c1ccc(C)c(Cl)c1)S(=O)(=O)c1ccc(C)cc1. The second-order valence-electron chi connectivity index (χ2n) is 9.05. The van der Waals surface area contributed by atoms with Crippen LogP contribution in [0.15, 0.2) is 65.6 Å². The van der Waals surface area contributed by atoms with Gasteiger partial charge < -0.3 is 10.2 Å². The van der Waals surface area contributed by atoms with Crippen LogP contribution in [0.5, 0.6) is 0 Å². The van der Waals surface area contributed by atoms with Crippen LogP contribution in [0.1, 0.15) is 30.0 Å².